The molecule has 0 aliphatic heterocycles. The molecular formula is C16H19FN2O. The van der Waals surface area contributed by atoms with Crippen LogP contribution >= 0.6 is 0 Å². The number of para-hydroxylation sites is 1. The van der Waals surface area contributed by atoms with Crippen LogP contribution < -0.4 is 15.0 Å². The number of anilines is 2. The van der Waals surface area contributed by atoms with Crippen LogP contribution in [0, 0.1) is 5.82 Å². The molecule has 0 aromatic heterocycles. The van der Waals surface area contributed by atoms with Gasteiger partial charge in [-0.05, 0) is 24.3 Å². The van der Waals surface area contributed by atoms with Crippen molar-refractivity contribution >= 4 is 11.4 Å². The number of hydrogen-bond donors (Lipinski definition) is 1. The molecule has 0 unspecified atom stereocenters. The maximum absolute atomic E-state index is 13.4. The van der Waals surface area contributed by atoms with Gasteiger partial charge >= 0.3 is 0 Å². The highest BCUT2D eigenvalue weighted by Crippen LogP contribution is 2.19. The minimum Gasteiger partial charge on any atom is -0.492 e. The number of nitrogens with zero attached hydrogens (tertiary/aromatic N) is 1. The van der Waals surface area contributed by atoms with Crippen LogP contribution in [0.4, 0.5) is 15.8 Å². The average Bonchev–Trinajstić information content (AvgIpc) is 2.45. The second-order valence-electron chi connectivity index (χ2n) is 4.65. The van der Waals surface area contributed by atoms with E-state index in [0.717, 1.165) is 11.4 Å². The Kier molecular flexibility index (Phi) is 4.82. The number of benzene rings is 2. The average molecular weight is 274 g/mol. The predicted molar refractivity (Wildman–Crippen MR) is 81.2 cm³/mol. The van der Waals surface area contributed by atoms with Crippen molar-refractivity contribution < 1.29 is 9.13 Å². The van der Waals surface area contributed by atoms with Gasteiger partial charge in [0.05, 0.1) is 5.69 Å². The third-order valence-corrected chi connectivity index (χ3v) is 2.89. The highest BCUT2D eigenvalue weighted by molar-refractivity contribution is 5.49. The topological polar surface area (TPSA) is 24.5 Å². The van der Waals surface area contributed by atoms with E-state index in [9.17, 15) is 4.39 Å². The molecule has 2 aromatic carbocycles. The summed E-state index contributed by atoms with van der Waals surface area (Å²) < 4.78 is 19.0. The Labute approximate surface area is 119 Å². The first kappa shape index (κ1) is 14.2. The fraction of sp³-hybridized carbons (Fsp3) is 0.250. The highest BCUT2D eigenvalue weighted by Gasteiger charge is 2.00. The Bertz CT molecular complexity index is 558. The van der Waals surface area contributed by atoms with Crippen LogP contribution in [-0.4, -0.2) is 27.2 Å². The van der Waals surface area contributed by atoms with Gasteiger partial charge < -0.3 is 15.0 Å². The molecule has 0 saturated carbocycles. The van der Waals surface area contributed by atoms with Crippen molar-refractivity contribution in [3.05, 3.63) is 54.3 Å². The SMILES string of the molecule is CN(C)c1cccc(OCCNc2ccccc2F)c1. The van der Waals surface area contributed by atoms with E-state index >= 15 is 0 Å². The maximum atomic E-state index is 13.4. The molecule has 0 atom stereocenters. The number of ether oxygens (including phenoxy) is 1. The molecule has 0 bridgehead atoms. The molecular weight excluding hydrogens is 255 g/mol. The summed E-state index contributed by atoms with van der Waals surface area (Å²) in [6, 6.07) is 14.5. The fourth-order valence-electron chi connectivity index (χ4n) is 1.81. The van der Waals surface area contributed by atoms with E-state index in [0.29, 0.717) is 18.8 Å². The van der Waals surface area contributed by atoms with Gasteiger partial charge in [-0.1, -0.05) is 18.2 Å². The first-order valence-electron chi connectivity index (χ1n) is 6.55. The lowest BCUT2D eigenvalue weighted by Crippen LogP contribution is -2.13. The molecule has 0 spiro atoms. The smallest absolute Gasteiger partial charge is 0.146 e. The third-order valence-electron chi connectivity index (χ3n) is 2.89. The van der Waals surface area contributed by atoms with Crippen molar-refractivity contribution in [3.8, 4) is 5.75 Å². The normalized spacial score (nSPS) is 10.2. The summed E-state index contributed by atoms with van der Waals surface area (Å²) in [5, 5.41) is 3.01. The quantitative estimate of drug-likeness (QED) is 0.817. The van der Waals surface area contributed by atoms with Crippen molar-refractivity contribution in [2.45, 2.75) is 0 Å². The Hall–Kier alpha value is -2.23. The second-order valence-corrected chi connectivity index (χ2v) is 4.65. The Balaban J connectivity index is 1.82. The second kappa shape index (κ2) is 6.80. The van der Waals surface area contributed by atoms with Gasteiger partial charge in [0.15, 0.2) is 0 Å². The Morgan fingerprint density at radius 1 is 1.10 bits per heavy atom. The zero-order valence-corrected chi connectivity index (χ0v) is 11.8. The highest BCUT2D eigenvalue weighted by atomic mass is 19.1. The monoisotopic (exact) mass is 274 g/mol. The van der Waals surface area contributed by atoms with Crippen LogP contribution in [0.15, 0.2) is 48.5 Å². The van der Waals surface area contributed by atoms with Gasteiger partial charge in [0.1, 0.15) is 18.2 Å². The van der Waals surface area contributed by atoms with Crippen LogP contribution in [0.5, 0.6) is 5.75 Å². The van der Waals surface area contributed by atoms with E-state index < -0.39 is 0 Å². The summed E-state index contributed by atoms with van der Waals surface area (Å²) in [4.78, 5) is 2.02. The molecule has 1 N–H and O–H groups in total. The van der Waals surface area contributed by atoms with E-state index in [4.69, 9.17) is 4.74 Å². The minimum atomic E-state index is -0.248. The first-order chi connectivity index (χ1) is 9.66. The Morgan fingerprint density at radius 2 is 1.90 bits per heavy atom. The number of nitrogens with one attached hydrogen (secondary N) is 1. The van der Waals surface area contributed by atoms with Gasteiger partial charge in [-0.15, -0.1) is 0 Å². The van der Waals surface area contributed by atoms with E-state index in [1.807, 2.05) is 43.3 Å². The molecule has 0 radical (unpaired) electrons. The third kappa shape index (κ3) is 3.88. The maximum Gasteiger partial charge on any atom is 0.146 e. The lowest BCUT2D eigenvalue weighted by atomic mass is 10.3. The molecule has 0 aliphatic carbocycles. The molecule has 0 fully saturated rings. The van der Waals surface area contributed by atoms with Gasteiger partial charge in [0.2, 0.25) is 0 Å². The first-order valence-corrected chi connectivity index (χ1v) is 6.55. The van der Waals surface area contributed by atoms with Crippen LogP contribution in [0.1, 0.15) is 0 Å². The summed E-state index contributed by atoms with van der Waals surface area (Å²) >= 11 is 0. The lowest BCUT2D eigenvalue weighted by Gasteiger charge is -2.14. The Morgan fingerprint density at radius 3 is 2.65 bits per heavy atom. The molecule has 20 heavy (non-hydrogen) atoms. The molecule has 2 aromatic rings. The van der Waals surface area contributed by atoms with Crippen LogP contribution in [0.3, 0.4) is 0 Å². The van der Waals surface area contributed by atoms with Crippen molar-refractivity contribution in [1.29, 1.82) is 0 Å². The zero-order chi connectivity index (χ0) is 14.4. The van der Waals surface area contributed by atoms with Crippen molar-refractivity contribution in [2.24, 2.45) is 0 Å². The van der Waals surface area contributed by atoms with Crippen LogP contribution in [0.2, 0.25) is 0 Å². The fourth-order valence-corrected chi connectivity index (χ4v) is 1.81. The summed E-state index contributed by atoms with van der Waals surface area (Å²) in [6.07, 6.45) is 0. The summed E-state index contributed by atoms with van der Waals surface area (Å²) in [7, 11) is 3.97. The predicted octanol–water partition coefficient (Wildman–Crippen LogP) is 3.38. The van der Waals surface area contributed by atoms with E-state index in [1.165, 1.54) is 6.07 Å². The standard InChI is InChI=1S/C16H19FN2O/c1-19(2)13-6-5-7-14(12-13)20-11-10-18-16-9-4-3-8-15(16)17/h3-9,12,18H,10-11H2,1-2H3. The van der Waals surface area contributed by atoms with Crippen molar-refractivity contribution in [1.82, 2.24) is 0 Å². The van der Waals surface area contributed by atoms with Crippen LogP contribution in [0.25, 0.3) is 0 Å². The molecule has 2 rings (SSSR count). The van der Waals surface area contributed by atoms with Gasteiger partial charge in [0.25, 0.3) is 0 Å². The lowest BCUT2D eigenvalue weighted by molar-refractivity contribution is 0.333. The molecule has 4 heteroatoms. The van der Waals surface area contributed by atoms with Gasteiger partial charge in [-0.3, -0.25) is 0 Å². The largest absolute Gasteiger partial charge is 0.492 e. The molecule has 0 amide bonds. The number of rotatable bonds is 6. The molecule has 0 saturated heterocycles. The van der Waals surface area contributed by atoms with Crippen molar-refractivity contribution in [2.75, 3.05) is 37.5 Å². The van der Waals surface area contributed by atoms with E-state index in [1.54, 1.807) is 18.2 Å². The molecule has 0 heterocycles. The summed E-state index contributed by atoms with van der Waals surface area (Å²) in [5.41, 5.74) is 1.59. The van der Waals surface area contributed by atoms with E-state index in [2.05, 4.69) is 5.32 Å². The molecule has 106 valence electrons. The number of halogens is 1. The van der Waals surface area contributed by atoms with E-state index in [-0.39, 0.29) is 5.82 Å². The minimum absolute atomic E-state index is 0.248. The molecule has 3 nitrogen and oxygen atoms in total. The molecule has 0 aliphatic rings. The van der Waals surface area contributed by atoms with Gasteiger partial charge in [0, 0.05) is 32.4 Å². The summed E-state index contributed by atoms with van der Waals surface area (Å²) in [6.45, 7) is 1.03. The number of hydrogen-bond acceptors (Lipinski definition) is 3. The van der Waals surface area contributed by atoms with Gasteiger partial charge in [-0.2, -0.15) is 0 Å². The zero-order valence-electron chi connectivity index (χ0n) is 11.8. The summed E-state index contributed by atoms with van der Waals surface area (Å²) in [5.74, 6) is 0.564. The van der Waals surface area contributed by atoms with Gasteiger partial charge in [-0.25, -0.2) is 4.39 Å². The van der Waals surface area contributed by atoms with Crippen molar-refractivity contribution in [3.63, 3.8) is 0 Å². The van der Waals surface area contributed by atoms with Crippen LogP contribution in [-0.2, 0) is 0 Å².